The van der Waals surface area contributed by atoms with Crippen molar-refractivity contribution in [2.75, 3.05) is 6.54 Å². The number of rotatable bonds is 5. The van der Waals surface area contributed by atoms with Crippen LogP contribution in [0.5, 0.6) is 0 Å². The van der Waals surface area contributed by atoms with E-state index in [-0.39, 0.29) is 5.91 Å². The van der Waals surface area contributed by atoms with Gasteiger partial charge in [0.2, 0.25) is 0 Å². The molecule has 0 saturated carbocycles. The fourth-order valence-electron chi connectivity index (χ4n) is 2.38. The first-order valence-electron chi connectivity index (χ1n) is 7.34. The molecule has 0 aliphatic carbocycles. The normalized spacial score (nSPS) is 10.7. The van der Waals surface area contributed by atoms with Crippen LogP contribution in [-0.2, 0) is 6.54 Å². The second kappa shape index (κ2) is 6.99. The summed E-state index contributed by atoms with van der Waals surface area (Å²) < 4.78 is 4.86. The van der Waals surface area contributed by atoms with Gasteiger partial charge in [-0.3, -0.25) is 9.48 Å². The minimum Gasteiger partial charge on any atom is -0.349 e. The number of aromatic nitrogens is 3. The molecule has 1 N–H and O–H groups in total. The van der Waals surface area contributed by atoms with Gasteiger partial charge in [0.25, 0.3) is 5.91 Å². The lowest BCUT2D eigenvalue weighted by Crippen LogP contribution is -2.28. The molecule has 5 nitrogen and oxygen atoms in total. The van der Waals surface area contributed by atoms with Crippen molar-refractivity contribution in [2.24, 2.45) is 0 Å². The fraction of sp³-hybridized carbons (Fsp3) is 0.176. The molecule has 1 aromatic carbocycles. The lowest BCUT2D eigenvalue weighted by atomic mass is 10.3. The molecule has 0 fully saturated rings. The molecule has 0 spiro atoms. The first kappa shape index (κ1) is 15.8. The van der Waals surface area contributed by atoms with Crippen LogP contribution < -0.4 is 5.32 Å². The van der Waals surface area contributed by atoms with E-state index in [0.717, 1.165) is 14.8 Å². The van der Waals surface area contributed by atoms with Crippen molar-refractivity contribution >= 4 is 28.5 Å². The highest BCUT2D eigenvalue weighted by Crippen LogP contribution is 2.15. The molecule has 0 bridgehead atoms. The van der Waals surface area contributed by atoms with Crippen LogP contribution in [0.2, 0.25) is 0 Å². The van der Waals surface area contributed by atoms with Crippen molar-refractivity contribution in [1.82, 2.24) is 19.7 Å². The van der Waals surface area contributed by atoms with E-state index in [4.69, 9.17) is 0 Å². The monoisotopic (exact) mass is 420 g/mol. The van der Waals surface area contributed by atoms with E-state index < -0.39 is 0 Å². The van der Waals surface area contributed by atoms with Crippen molar-refractivity contribution in [3.05, 3.63) is 69.8 Å². The fourth-order valence-corrected chi connectivity index (χ4v) is 2.91. The Morgan fingerprint density at radius 2 is 2.17 bits per heavy atom. The number of benzene rings is 1. The Bertz CT molecular complexity index is 821. The van der Waals surface area contributed by atoms with Crippen LogP contribution in [0.3, 0.4) is 0 Å². The Balaban J connectivity index is 1.67. The standard InChI is InChI=1S/C17H17IN4O/c1-13-11-20-21(12-13)9-7-19-17(23)16-6-3-8-22(16)15-5-2-4-14(18)10-15/h2-6,8,10-12H,7,9H2,1H3,(H,19,23). The van der Waals surface area contributed by atoms with E-state index in [2.05, 4.69) is 33.0 Å². The number of carbonyl (C=O) groups is 1. The zero-order valence-corrected chi connectivity index (χ0v) is 14.9. The highest BCUT2D eigenvalue weighted by Gasteiger charge is 2.11. The summed E-state index contributed by atoms with van der Waals surface area (Å²) in [5.74, 6) is -0.0854. The van der Waals surface area contributed by atoms with Gasteiger partial charge in [-0.1, -0.05) is 6.07 Å². The van der Waals surface area contributed by atoms with Gasteiger partial charge in [-0.25, -0.2) is 0 Å². The van der Waals surface area contributed by atoms with E-state index in [1.165, 1.54) is 0 Å². The Morgan fingerprint density at radius 3 is 2.91 bits per heavy atom. The predicted octanol–water partition coefficient (Wildman–Crippen LogP) is 3.02. The molecule has 2 aromatic heterocycles. The van der Waals surface area contributed by atoms with Gasteiger partial charge >= 0.3 is 0 Å². The SMILES string of the molecule is Cc1cnn(CCNC(=O)c2cccn2-c2cccc(I)c2)c1. The molecule has 0 saturated heterocycles. The summed E-state index contributed by atoms with van der Waals surface area (Å²) in [6, 6.07) is 11.8. The first-order valence-corrected chi connectivity index (χ1v) is 8.42. The van der Waals surface area contributed by atoms with E-state index in [0.29, 0.717) is 18.8 Å². The average Bonchev–Trinajstić information content (AvgIpc) is 3.16. The summed E-state index contributed by atoms with van der Waals surface area (Å²) >= 11 is 2.27. The molecule has 1 amide bonds. The van der Waals surface area contributed by atoms with Crippen molar-refractivity contribution < 1.29 is 4.79 Å². The Labute approximate surface area is 148 Å². The molecule has 3 rings (SSSR count). The molecule has 0 atom stereocenters. The van der Waals surface area contributed by atoms with Crippen LogP contribution in [0.15, 0.2) is 55.0 Å². The van der Waals surface area contributed by atoms with Crippen LogP contribution in [-0.4, -0.2) is 26.8 Å². The number of aryl methyl sites for hydroxylation is 1. The number of hydrogen-bond donors (Lipinski definition) is 1. The van der Waals surface area contributed by atoms with Gasteiger partial charge in [0.15, 0.2) is 0 Å². The van der Waals surface area contributed by atoms with Crippen molar-refractivity contribution in [2.45, 2.75) is 13.5 Å². The number of nitrogens with zero attached hydrogens (tertiary/aromatic N) is 3. The van der Waals surface area contributed by atoms with E-state index >= 15 is 0 Å². The van der Waals surface area contributed by atoms with E-state index in [1.807, 2.05) is 71.2 Å². The van der Waals surface area contributed by atoms with Crippen LogP contribution in [0.1, 0.15) is 16.1 Å². The maximum absolute atomic E-state index is 12.4. The van der Waals surface area contributed by atoms with Gasteiger partial charge in [-0.15, -0.1) is 0 Å². The van der Waals surface area contributed by atoms with Crippen molar-refractivity contribution in [3.63, 3.8) is 0 Å². The number of halogens is 1. The predicted molar refractivity (Wildman–Crippen MR) is 97.8 cm³/mol. The summed E-state index contributed by atoms with van der Waals surface area (Å²) in [5.41, 5.74) is 2.72. The third-order valence-corrected chi connectivity index (χ3v) is 4.13. The Kier molecular flexibility index (Phi) is 4.80. The van der Waals surface area contributed by atoms with E-state index in [1.54, 1.807) is 0 Å². The van der Waals surface area contributed by atoms with Gasteiger partial charge in [-0.05, 0) is 65.4 Å². The lowest BCUT2D eigenvalue weighted by Gasteiger charge is -2.10. The quantitative estimate of drug-likeness (QED) is 0.646. The molecule has 0 unspecified atom stereocenters. The van der Waals surface area contributed by atoms with Crippen molar-refractivity contribution in [3.8, 4) is 5.69 Å². The lowest BCUT2D eigenvalue weighted by molar-refractivity contribution is 0.0945. The van der Waals surface area contributed by atoms with Gasteiger partial charge in [-0.2, -0.15) is 5.10 Å². The highest BCUT2D eigenvalue weighted by molar-refractivity contribution is 14.1. The number of carbonyl (C=O) groups excluding carboxylic acids is 1. The van der Waals surface area contributed by atoms with Crippen molar-refractivity contribution in [1.29, 1.82) is 0 Å². The van der Waals surface area contributed by atoms with Crippen LogP contribution >= 0.6 is 22.6 Å². The largest absolute Gasteiger partial charge is 0.349 e. The molecule has 2 heterocycles. The third kappa shape index (κ3) is 3.82. The number of amides is 1. The topological polar surface area (TPSA) is 51.9 Å². The second-order valence-corrected chi connectivity index (χ2v) is 6.53. The van der Waals surface area contributed by atoms with Crippen LogP contribution in [0.25, 0.3) is 5.69 Å². The van der Waals surface area contributed by atoms with Gasteiger partial charge in [0, 0.05) is 28.2 Å². The number of nitrogens with one attached hydrogen (secondary N) is 1. The molecule has 6 heteroatoms. The summed E-state index contributed by atoms with van der Waals surface area (Å²) in [5, 5.41) is 7.15. The second-order valence-electron chi connectivity index (χ2n) is 5.28. The molecule has 0 aliphatic rings. The van der Waals surface area contributed by atoms with E-state index in [9.17, 15) is 4.79 Å². The summed E-state index contributed by atoms with van der Waals surface area (Å²) in [7, 11) is 0. The molecule has 3 aromatic rings. The smallest absolute Gasteiger partial charge is 0.268 e. The first-order chi connectivity index (χ1) is 11.1. The molecule has 0 aliphatic heterocycles. The minimum absolute atomic E-state index is 0.0854. The summed E-state index contributed by atoms with van der Waals surface area (Å²) in [4.78, 5) is 12.4. The average molecular weight is 420 g/mol. The minimum atomic E-state index is -0.0854. The molecule has 118 valence electrons. The molecular weight excluding hydrogens is 403 g/mol. The highest BCUT2D eigenvalue weighted by atomic mass is 127. The third-order valence-electron chi connectivity index (χ3n) is 3.46. The molecular formula is C17H17IN4O. The maximum atomic E-state index is 12.4. The Morgan fingerprint density at radius 1 is 1.30 bits per heavy atom. The maximum Gasteiger partial charge on any atom is 0.268 e. The van der Waals surface area contributed by atoms with Gasteiger partial charge < -0.3 is 9.88 Å². The van der Waals surface area contributed by atoms with Crippen LogP contribution in [0.4, 0.5) is 0 Å². The Hall–Kier alpha value is -2.09. The van der Waals surface area contributed by atoms with Crippen LogP contribution in [0, 0.1) is 10.5 Å². The van der Waals surface area contributed by atoms with Gasteiger partial charge in [0.1, 0.15) is 5.69 Å². The van der Waals surface area contributed by atoms with Gasteiger partial charge in [0.05, 0.1) is 12.7 Å². The summed E-state index contributed by atoms with van der Waals surface area (Å²) in [6.45, 7) is 3.19. The zero-order chi connectivity index (χ0) is 16.2. The number of hydrogen-bond acceptors (Lipinski definition) is 2. The summed E-state index contributed by atoms with van der Waals surface area (Å²) in [6.07, 6.45) is 5.67. The molecule has 23 heavy (non-hydrogen) atoms. The molecule has 0 radical (unpaired) electrons. The zero-order valence-electron chi connectivity index (χ0n) is 12.7.